The van der Waals surface area contributed by atoms with Gasteiger partial charge in [-0.3, -0.25) is 4.79 Å². The zero-order valence-electron chi connectivity index (χ0n) is 11.8. The van der Waals surface area contributed by atoms with Gasteiger partial charge in [0, 0.05) is 17.3 Å². The SMILES string of the molecule is Cc1ccc(C(=O)NC2CCCCC2C(F)(F)F)cc1N. The van der Waals surface area contributed by atoms with Crippen molar-refractivity contribution in [2.45, 2.75) is 44.8 Å². The Bertz CT molecular complexity index is 528. The lowest BCUT2D eigenvalue weighted by molar-refractivity contribution is -0.187. The molecule has 1 aromatic carbocycles. The first-order valence-corrected chi connectivity index (χ1v) is 7.02. The van der Waals surface area contributed by atoms with Crippen molar-refractivity contribution in [1.82, 2.24) is 5.32 Å². The summed E-state index contributed by atoms with van der Waals surface area (Å²) in [5.74, 6) is -1.96. The second kappa shape index (κ2) is 5.95. The van der Waals surface area contributed by atoms with Crippen LogP contribution >= 0.6 is 0 Å². The van der Waals surface area contributed by atoms with Crippen LogP contribution in [0, 0.1) is 12.8 Å². The fraction of sp³-hybridized carbons (Fsp3) is 0.533. The van der Waals surface area contributed by atoms with Crippen molar-refractivity contribution in [3.8, 4) is 0 Å². The van der Waals surface area contributed by atoms with Gasteiger partial charge in [0.15, 0.2) is 0 Å². The number of benzene rings is 1. The van der Waals surface area contributed by atoms with Crippen molar-refractivity contribution >= 4 is 11.6 Å². The molecule has 0 radical (unpaired) electrons. The molecule has 3 N–H and O–H groups in total. The highest BCUT2D eigenvalue weighted by Gasteiger charge is 2.45. The molecular weight excluding hydrogens is 281 g/mol. The standard InChI is InChI=1S/C15H19F3N2O/c1-9-6-7-10(8-12(9)19)14(21)20-13-5-3-2-4-11(13)15(16,17)18/h6-8,11,13H,2-5,19H2,1H3,(H,20,21). The number of nitrogens with one attached hydrogen (secondary N) is 1. The summed E-state index contributed by atoms with van der Waals surface area (Å²) in [5, 5.41) is 2.52. The average Bonchev–Trinajstić information content (AvgIpc) is 2.41. The van der Waals surface area contributed by atoms with Crippen molar-refractivity contribution in [3.63, 3.8) is 0 Å². The molecule has 2 unspecified atom stereocenters. The molecule has 1 aliphatic rings. The maximum atomic E-state index is 13.0. The molecule has 116 valence electrons. The van der Waals surface area contributed by atoms with Gasteiger partial charge in [-0.2, -0.15) is 13.2 Å². The Morgan fingerprint density at radius 2 is 1.95 bits per heavy atom. The van der Waals surface area contributed by atoms with E-state index < -0.39 is 24.0 Å². The molecule has 1 amide bonds. The predicted octanol–water partition coefficient (Wildman–Crippen LogP) is 3.43. The topological polar surface area (TPSA) is 55.1 Å². The zero-order chi connectivity index (χ0) is 15.6. The third kappa shape index (κ3) is 3.68. The second-order valence-corrected chi connectivity index (χ2v) is 5.58. The van der Waals surface area contributed by atoms with Gasteiger partial charge in [0.1, 0.15) is 0 Å². The first kappa shape index (κ1) is 15.7. The molecule has 3 nitrogen and oxygen atoms in total. The van der Waals surface area contributed by atoms with Gasteiger partial charge in [0.2, 0.25) is 0 Å². The quantitative estimate of drug-likeness (QED) is 0.822. The number of hydrogen-bond acceptors (Lipinski definition) is 2. The van der Waals surface area contributed by atoms with E-state index in [1.54, 1.807) is 19.1 Å². The summed E-state index contributed by atoms with van der Waals surface area (Å²) in [6, 6.07) is 3.91. The van der Waals surface area contributed by atoms with Crippen molar-refractivity contribution in [3.05, 3.63) is 29.3 Å². The number of aryl methyl sites for hydroxylation is 1. The van der Waals surface area contributed by atoms with Crippen LogP contribution in [-0.2, 0) is 0 Å². The largest absolute Gasteiger partial charge is 0.398 e. The molecule has 0 saturated heterocycles. The third-order valence-electron chi connectivity index (χ3n) is 4.04. The number of carbonyl (C=O) groups is 1. The number of nitrogens with two attached hydrogens (primary N) is 1. The lowest BCUT2D eigenvalue weighted by atomic mass is 9.84. The fourth-order valence-corrected chi connectivity index (χ4v) is 2.73. The lowest BCUT2D eigenvalue weighted by Crippen LogP contribution is -2.47. The molecule has 0 heterocycles. The molecule has 6 heteroatoms. The van der Waals surface area contributed by atoms with E-state index in [1.807, 2.05) is 0 Å². The van der Waals surface area contributed by atoms with Gasteiger partial charge in [-0.25, -0.2) is 0 Å². The van der Waals surface area contributed by atoms with Gasteiger partial charge in [0.25, 0.3) is 5.91 Å². The summed E-state index contributed by atoms with van der Waals surface area (Å²) in [5.41, 5.74) is 7.31. The third-order valence-corrected chi connectivity index (χ3v) is 4.04. The summed E-state index contributed by atoms with van der Waals surface area (Å²) in [6.07, 6.45) is -2.59. The van der Waals surface area contributed by atoms with Gasteiger partial charge in [0.05, 0.1) is 5.92 Å². The van der Waals surface area contributed by atoms with Gasteiger partial charge >= 0.3 is 6.18 Å². The van der Waals surface area contributed by atoms with Crippen LogP contribution in [0.25, 0.3) is 0 Å². The van der Waals surface area contributed by atoms with Crippen LogP contribution in [0.15, 0.2) is 18.2 Å². The molecule has 1 fully saturated rings. The Morgan fingerprint density at radius 3 is 2.57 bits per heavy atom. The van der Waals surface area contributed by atoms with E-state index in [-0.39, 0.29) is 6.42 Å². The monoisotopic (exact) mass is 300 g/mol. The molecule has 0 bridgehead atoms. The predicted molar refractivity (Wildman–Crippen MR) is 74.9 cm³/mol. The van der Waals surface area contributed by atoms with Crippen LogP contribution < -0.4 is 11.1 Å². The molecule has 0 aromatic heterocycles. The van der Waals surface area contributed by atoms with E-state index in [2.05, 4.69) is 5.32 Å². The van der Waals surface area contributed by atoms with Crippen LogP contribution in [0.5, 0.6) is 0 Å². The molecule has 2 rings (SSSR count). The molecule has 2 atom stereocenters. The number of anilines is 1. The molecule has 0 spiro atoms. The van der Waals surface area contributed by atoms with E-state index in [0.29, 0.717) is 30.5 Å². The maximum absolute atomic E-state index is 13.0. The highest BCUT2D eigenvalue weighted by Crippen LogP contribution is 2.37. The first-order valence-electron chi connectivity index (χ1n) is 7.02. The Hall–Kier alpha value is -1.72. The number of nitrogen functional groups attached to an aromatic ring is 1. The summed E-state index contributed by atoms with van der Waals surface area (Å²) in [6.45, 7) is 1.80. The van der Waals surface area contributed by atoms with E-state index in [4.69, 9.17) is 5.73 Å². The van der Waals surface area contributed by atoms with Crippen molar-refractivity contribution < 1.29 is 18.0 Å². The molecular formula is C15H19F3N2O. The van der Waals surface area contributed by atoms with Gasteiger partial charge in [-0.1, -0.05) is 18.9 Å². The summed E-state index contributed by atoms with van der Waals surface area (Å²) < 4.78 is 39.0. The van der Waals surface area contributed by atoms with E-state index in [0.717, 1.165) is 5.56 Å². The zero-order valence-corrected chi connectivity index (χ0v) is 11.8. The number of halogens is 3. The van der Waals surface area contributed by atoms with Crippen LogP contribution in [0.1, 0.15) is 41.6 Å². The van der Waals surface area contributed by atoms with Crippen LogP contribution in [0.2, 0.25) is 0 Å². The van der Waals surface area contributed by atoms with E-state index >= 15 is 0 Å². The molecule has 1 aromatic rings. The molecule has 0 aliphatic heterocycles. The summed E-state index contributed by atoms with van der Waals surface area (Å²) >= 11 is 0. The highest BCUT2D eigenvalue weighted by molar-refractivity contribution is 5.95. The minimum absolute atomic E-state index is 0.0739. The number of hydrogen-bond donors (Lipinski definition) is 2. The summed E-state index contributed by atoms with van der Waals surface area (Å²) in [7, 11) is 0. The van der Waals surface area contributed by atoms with E-state index in [9.17, 15) is 18.0 Å². The summed E-state index contributed by atoms with van der Waals surface area (Å²) in [4.78, 5) is 12.1. The first-order chi connectivity index (χ1) is 9.79. The Morgan fingerprint density at radius 1 is 1.29 bits per heavy atom. The van der Waals surface area contributed by atoms with Crippen molar-refractivity contribution in [1.29, 1.82) is 0 Å². The fourth-order valence-electron chi connectivity index (χ4n) is 2.73. The van der Waals surface area contributed by atoms with Crippen LogP contribution in [0.3, 0.4) is 0 Å². The minimum atomic E-state index is -4.27. The Labute approximate surface area is 121 Å². The molecule has 1 aliphatic carbocycles. The molecule has 21 heavy (non-hydrogen) atoms. The number of amides is 1. The lowest BCUT2D eigenvalue weighted by Gasteiger charge is -2.33. The second-order valence-electron chi connectivity index (χ2n) is 5.58. The van der Waals surface area contributed by atoms with Crippen molar-refractivity contribution in [2.75, 3.05) is 5.73 Å². The van der Waals surface area contributed by atoms with E-state index in [1.165, 1.54) is 6.07 Å². The van der Waals surface area contributed by atoms with Crippen LogP contribution in [-0.4, -0.2) is 18.1 Å². The number of rotatable bonds is 2. The van der Waals surface area contributed by atoms with Gasteiger partial charge < -0.3 is 11.1 Å². The minimum Gasteiger partial charge on any atom is -0.398 e. The molecule has 1 saturated carbocycles. The maximum Gasteiger partial charge on any atom is 0.393 e. The Kier molecular flexibility index (Phi) is 4.44. The van der Waals surface area contributed by atoms with Crippen molar-refractivity contribution in [2.24, 2.45) is 5.92 Å². The normalized spacial score (nSPS) is 22.9. The van der Waals surface area contributed by atoms with Gasteiger partial charge in [-0.15, -0.1) is 0 Å². The van der Waals surface area contributed by atoms with Gasteiger partial charge in [-0.05, 0) is 37.5 Å². The van der Waals surface area contributed by atoms with Crippen LogP contribution in [0.4, 0.5) is 18.9 Å². The number of carbonyl (C=O) groups excluding carboxylic acids is 1. The average molecular weight is 300 g/mol. The number of alkyl halides is 3. The Balaban J connectivity index is 2.11. The highest BCUT2D eigenvalue weighted by atomic mass is 19.4. The smallest absolute Gasteiger partial charge is 0.393 e.